The summed E-state index contributed by atoms with van der Waals surface area (Å²) in [6.07, 6.45) is 0.470. The monoisotopic (exact) mass is 267 g/mol. The van der Waals surface area contributed by atoms with Gasteiger partial charge < -0.3 is 10.8 Å². The molecule has 0 aliphatic rings. The van der Waals surface area contributed by atoms with Gasteiger partial charge in [0.25, 0.3) is 0 Å². The van der Waals surface area contributed by atoms with Crippen molar-refractivity contribution in [1.82, 2.24) is 9.78 Å². The minimum absolute atomic E-state index is 0.0609. The second kappa shape index (κ2) is 4.96. The van der Waals surface area contributed by atoms with Crippen molar-refractivity contribution in [3.8, 4) is 0 Å². The van der Waals surface area contributed by atoms with Crippen LogP contribution in [0, 0.1) is 0 Å². The van der Waals surface area contributed by atoms with Crippen molar-refractivity contribution in [1.29, 1.82) is 0 Å². The van der Waals surface area contributed by atoms with Crippen LogP contribution >= 0.6 is 11.6 Å². The molecule has 0 spiro atoms. The first-order valence-electron chi connectivity index (χ1n) is 5.58. The number of aromatic nitrogens is 2. The number of aryl methyl sites for hydroxylation is 1. The minimum atomic E-state index is -0.838. The van der Waals surface area contributed by atoms with Gasteiger partial charge in [0.2, 0.25) is 0 Å². The van der Waals surface area contributed by atoms with Crippen molar-refractivity contribution in [2.45, 2.75) is 18.9 Å². The molecule has 0 radical (unpaired) electrons. The second-order valence-electron chi connectivity index (χ2n) is 4.23. The number of hydrogen-bond donors (Lipinski definition) is 2. The second-order valence-corrected chi connectivity index (χ2v) is 4.59. The fourth-order valence-corrected chi connectivity index (χ4v) is 2.18. The maximum Gasteiger partial charge on any atom is 0.303 e. The Morgan fingerprint density at radius 2 is 2.33 bits per heavy atom. The SMILES string of the molecule is Cn1nc(Cl)c2ccc(C(N)CCC(=O)O)cc21. The largest absolute Gasteiger partial charge is 0.481 e. The van der Waals surface area contributed by atoms with Gasteiger partial charge in [-0.1, -0.05) is 17.7 Å². The van der Waals surface area contributed by atoms with Crippen molar-refractivity contribution < 1.29 is 9.90 Å². The van der Waals surface area contributed by atoms with Crippen molar-refractivity contribution in [3.05, 3.63) is 28.9 Å². The average Bonchev–Trinajstić information content (AvgIpc) is 2.61. The molecule has 0 amide bonds. The molecule has 6 heteroatoms. The zero-order valence-corrected chi connectivity index (χ0v) is 10.7. The van der Waals surface area contributed by atoms with E-state index < -0.39 is 5.97 Å². The molecule has 1 atom stereocenters. The summed E-state index contributed by atoms with van der Waals surface area (Å²) in [6.45, 7) is 0. The van der Waals surface area contributed by atoms with Crippen LogP contribution in [-0.2, 0) is 11.8 Å². The number of carbonyl (C=O) groups is 1. The molecule has 18 heavy (non-hydrogen) atoms. The van der Waals surface area contributed by atoms with Crippen molar-refractivity contribution in [2.24, 2.45) is 12.8 Å². The Hall–Kier alpha value is -1.59. The van der Waals surface area contributed by atoms with E-state index in [-0.39, 0.29) is 12.5 Å². The molecule has 0 fully saturated rings. The number of halogens is 1. The number of nitrogens with zero attached hydrogens (tertiary/aromatic N) is 2. The normalized spacial score (nSPS) is 12.8. The van der Waals surface area contributed by atoms with Gasteiger partial charge in [-0.05, 0) is 24.1 Å². The summed E-state index contributed by atoms with van der Waals surface area (Å²) < 4.78 is 1.69. The third-order valence-electron chi connectivity index (χ3n) is 2.93. The lowest BCUT2D eigenvalue weighted by Crippen LogP contribution is -2.12. The van der Waals surface area contributed by atoms with E-state index in [2.05, 4.69) is 5.10 Å². The number of fused-ring (bicyclic) bond motifs is 1. The van der Waals surface area contributed by atoms with Gasteiger partial charge in [0, 0.05) is 24.9 Å². The number of benzene rings is 1. The zero-order chi connectivity index (χ0) is 13.3. The third kappa shape index (κ3) is 2.47. The van der Waals surface area contributed by atoms with Crippen LogP contribution < -0.4 is 5.73 Å². The molecule has 1 aromatic heterocycles. The Bertz CT molecular complexity index is 594. The maximum atomic E-state index is 10.5. The van der Waals surface area contributed by atoms with E-state index >= 15 is 0 Å². The highest BCUT2D eigenvalue weighted by Gasteiger charge is 2.12. The smallest absolute Gasteiger partial charge is 0.303 e. The molecule has 0 bridgehead atoms. The lowest BCUT2D eigenvalue weighted by atomic mass is 10.0. The molecular weight excluding hydrogens is 254 g/mol. The molecule has 2 rings (SSSR count). The molecule has 2 aromatic rings. The highest BCUT2D eigenvalue weighted by molar-refractivity contribution is 6.34. The molecule has 3 N–H and O–H groups in total. The number of carboxylic acid groups (broad SMARTS) is 1. The quantitative estimate of drug-likeness (QED) is 0.889. The molecule has 0 aliphatic carbocycles. The van der Waals surface area contributed by atoms with E-state index in [0.717, 1.165) is 16.5 Å². The number of rotatable bonds is 4. The van der Waals surface area contributed by atoms with Gasteiger partial charge in [-0.3, -0.25) is 9.48 Å². The number of hydrogen-bond acceptors (Lipinski definition) is 3. The van der Waals surface area contributed by atoms with Gasteiger partial charge in [-0.15, -0.1) is 0 Å². The summed E-state index contributed by atoms with van der Waals surface area (Å²) in [6, 6.07) is 5.34. The van der Waals surface area contributed by atoms with Gasteiger partial charge in [-0.25, -0.2) is 0 Å². The summed E-state index contributed by atoms with van der Waals surface area (Å²) in [7, 11) is 1.81. The predicted octanol–water partition coefficient (Wildman–Crippen LogP) is 2.09. The molecule has 1 aromatic carbocycles. The highest BCUT2D eigenvalue weighted by atomic mass is 35.5. The standard InChI is InChI=1S/C12H14ClN3O2/c1-16-10-6-7(9(14)4-5-11(17)18)2-3-8(10)12(13)15-16/h2-3,6,9H,4-5,14H2,1H3,(H,17,18). The van der Waals surface area contributed by atoms with E-state index in [9.17, 15) is 4.79 Å². The van der Waals surface area contributed by atoms with Crippen LogP contribution in [0.15, 0.2) is 18.2 Å². The molecule has 1 heterocycles. The van der Waals surface area contributed by atoms with Gasteiger partial charge in [0.1, 0.15) is 0 Å². The number of nitrogens with two attached hydrogens (primary N) is 1. The molecule has 1 unspecified atom stereocenters. The molecule has 0 saturated heterocycles. The summed E-state index contributed by atoms with van der Waals surface area (Å²) in [5, 5.41) is 14.1. The lowest BCUT2D eigenvalue weighted by Gasteiger charge is -2.10. The van der Waals surface area contributed by atoms with Crippen LogP contribution in [0.5, 0.6) is 0 Å². The van der Waals surface area contributed by atoms with Crippen LogP contribution in [0.4, 0.5) is 0 Å². The van der Waals surface area contributed by atoms with Crippen LogP contribution in [0.2, 0.25) is 5.15 Å². The summed E-state index contributed by atoms with van der Waals surface area (Å²) in [5.41, 5.74) is 7.75. The molecule has 0 saturated carbocycles. The fraction of sp³-hybridized carbons (Fsp3) is 0.333. The molecular formula is C12H14ClN3O2. The van der Waals surface area contributed by atoms with Crippen molar-refractivity contribution in [3.63, 3.8) is 0 Å². The summed E-state index contributed by atoms with van der Waals surface area (Å²) >= 11 is 5.97. The third-order valence-corrected chi connectivity index (χ3v) is 3.21. The molecule has 5 nitrogen and oxygen atoms in total. The lowest BCUT2D eigenvalue weighted by molar-refractivity contribution is -0.137. The first-order valence-corrected chi connectivity index (χ1v) is 5.96. The minimum Gasteiger partial charge on any atom is -0.481 e. The maximum absolute atomic E-state index is 10.5. The van der Waals surface area contributed by atoms with Gasteiger partial charge >= 0.3 is 5.97 Å². The van der Waals surface area contributed by atoms with Crippen LogP contribution in [0.3, 0.4) is 0 Å². The Kier molecular flexibility index (Phi) is 3.54. The first-order chi connectivity index (χ1) is 8.49. The number of carboxylic acids is 1. The summed E-state index contributed by atoms with van der Waals surface area (Å²) in [4.78, 5) is 10.5. The highest BCUT2D eigenvalue weighted by Crippen LogP contribution is 2.26. The van der Waals surface area contributed by atoms with E-state index in [4.69, 9.17) is 22.4 Å². The molecule has 0 aliphatic heterocycles. The predicted molar refractivity (Wildman–Crippen MR) is 69.5 cm³/mol. The van der Waals surface area contributed by atoms with E-state index in [0.29, 0.717) is 11.6 Å². The van der Waals surface area contributed by atoms with Crippen molar-refractivity contribution >= 4 is 28.5 Å². The topological polar surface area (TPSA) is 81.1 Å². The van der Waals surface area contributed by atoms with Crippen LogP contribution in [0.1, 0.15) is 24.4 Å². The summed E-state index contributed by atoms with van der Waals surface area (Å²) in [5.74, 6) is -0.838. The Morgan fingerprint density at radius 1 is 1.61 bits per heavy atom. The Labute approximate surface area is 109 Å². The van der Waals surface area contributed by atoms with Crippen molar-refractivity contribution in [2.75, 3.05) is 0 Å². The van der Waals surface area contributed by atoms with Crippen LogP contribution in [-0.4, -0.2) is 20.9 Å². The van der Waals surface area contributed by atoms with Crippen LogP contribution in [0.25, 0.3) is 10.9 Å². The first kappa shape index (κ1) is 12.9. The number of aliphatic carboxylic acids is 1. The van der Waals surface area contributed by atoms with E-state index in [1.54, 1.807) is 11.7 Å². The van der Waals surface area contributed by atoms with E-state index in [1.165, 1.54) is 0 Å². The fourth-order valence-electron chi connectivity index (χ4n) is 1.91. The molecule has 96 valence electrons. The van der Waals surface area contributed by atoms with Gasteiger partial charge in [0.15, 0.2) is 5.15 Å². The van der Waals surface area contributed by atoms with E-state index in [1.807, 2.05) is 18.2 Å². The Balaban J connectivity index is 2.29. The van der Waals surface area contributed by atoms with Gasteiger partial charge in [0.05, 0.1) is 5.52 Å². The Morgan fingerprint density at radius 3 is 3.00 bits per heavy atom. The zero-order valence-electron chi connectivity index (χ0n) is 9.93. The average molecular weight is 268 g/mol. The van der Waals surface area contributed by atoms with Gasteiger partial charge in [-0.2, -0.15) is 5.10 Å².